The average Bonchev–Trinajstić information content (AvgIpc) is 2.23. The number of aromatic nitrogens is 1. The number of aryl methyl sites for hydroxylation is 1. The van der Waals surface area contributed by atoms with Crippen LogP contribution >= 0.6 is 0 Å². The molecule has 1 aromatic rings. The third-order valence-corrected chi connectivity index (χ3v) is 1.78. The van der Waals surface area contributed by atoms with E-state index in [4.69, 9.17) is 5.53 Å². The smallest absolute Gasteiger partial charge is 0.422 e. The van der Waals surface area contributed by atoms with Crippen LogP contribution in [0.1, 0.15) is 11.1 Å². The van der Waals surface area contributed by atoms with Gasteiger partial charge in [0.2, 0.25) is 5.88 Å². The van der Waals surface area contributed by atoms with Crippen molar-refractivity contribution < 1.29 is 17.9 Å². The summed E-state index contributed by atoms with van der Waals surface area (Å²) in [5.74, 6) is -0.0768. The van der Waals surface area contributed by atoms with Gasteiger partial charge in [0.1, 0.15) is 0 Å². The summed E-state index contributed by atoms with van der Waals surface area (Å²) in [5.41, 5.74) is 9.18. The van der Waals surface area contributed by atoms with Crippen LogP contribution in [0.15, 0.2) is 17.4 Å². The third-order valence-electron chi connectivity index (χ3n) is 1.78. The van der Waals surface area contributed by atoms with E-state index >= 15 is 0 Å². The minimum absolute atomic E-state index is 0.0768. The highest BCUT2D eigenvalue weighted by molar-refractivity contribution is 5.28. The Bertz CT molecular complexity index is 440. The maximum atomic E-state index is 11.9. The summed E-state index contributed by atoms with van der Waals surface area (Å²) in [4.78, 5) is 6.30. The van der Waals surface area contributed by atoms with E-state index in [1.165, 1.54) is 6.20 Å². The maximum absolute atomic E-state index is 11.9. The van der Waals surface area contributed by atoms with Crippen molar-refractivity contribution >= 4 is 0 Å². The number of rotatable bonds is 4. The zero-order valence-electron chi connectivity index (χ0n) is 8.90. The van der Waals surface area contributed by atoms with E-state index in [1.807, 2.05) is 0 Å². The van der Waals surface area contributed by atoms with Crippen molar-refractivity contribution in [1.29, 1.82) is 0 Å². The first-order valence-corrected chi connectivity index (χ1v) is 4.58. The average molecular weight is 246 g/mol. The SMILES string of the molecule is Cc1cc(CN=[N+]=[N-])cnc1OCC(F)(F)F. The lowest BCUT2D eigenvalue weighted by molar-refractivity contribution is -0.154. The lowest BCUT2D eigenvalue weighted by Gasteiger charge is -2.10. The van der Waals surface area contributed by atoms with E-state index in [9.17, 15) is 13.2 Å². The van der Waals surface area contributed by atoms with Crippen molar-refractivity contribution in [2.75, 3.05) is 6.61 Å². The molecule has 0 saturated heterocycles. The molecule has 0 aromatic carbocycles. The molecule has 0 radical (unpaired) electrons. The van der Waals surface area contributed by atoms with Gasteiger partial charge in [-0.2, -0.15) is 13.2 Å². The highest BCUT2D eigenvalue weighted by Gasteiger charge is 2.28. The van der Waals surface area contributed by atoms with Gasteiger partial charge in [0, 0.05) is 16.7 Å². The summed E-state index contributed by atoms with van der Waals surface area (Å²) >= 11 is 0. The van der Waals surface area contributed by atoms with Crippen LogP contribution in [0.2, 0.25) is 0 Å². The zero-order valence-corrected chi connectivity index (χ0v) is 8.90. The molecule has 17 heavy (non-hydrogen) atoms. The van der Waals surface area contributed by atoms with Crippen molar-refractivity contribution in [3.63, 3.8) is 0 Å². The standard InChI is InChI=1S/C9H9F3N4O/c1-6-2-7(4-15-16-13)3-14-8(6)17-5-9(10,11)12/h2-3H,4-5H2,1H3. The molecule has 5 nitrogen and oxygen atoms in total. The summed E-state index contributed by atoms with van der Waals surface area (Å²) in [6, 6.07) is 1.56. The minimum Gasteiger partial charge on any atom is -0.468 e. The van der Waals surface area contributed by atoms with Crippen LogP contribution in [-0.2, 0) is 6.54 Å². The molecule has 0 aliphatic heterocycles. The molecule has 0 aliphatic carbocycles. The Morgan fingerprint density at radius 3 is 2.76 bits per heavy atom. The van der Waals surface area contributed by atoms with Gasteiger partial charge in [0.15, 0.2) is 6.61 Å². The molecule has 0 fully saturated rings. The number of hydrogen-bond acceptors (Lipinski definition) is 3. The number of pyridine rings is 1. The molecule has 0 unspecified atom stereocenters. The molecule has 0 amide bonds. The van der Waals surface area contributed by atoms with E-state index in [1.54, 1.807) is 13.0 Å². The Morgan fingerprint density at radius 1 is 1.53 bits per heavy atom. The second-order valence-corrected chi connectivity index (χ2v) is 3.26. The maximum Gasteiger partial charge on any atom is 0.422 e. The molecule has 8 heteroatoms. The lowest BCUT2D eigenvalue weighted by atomic mass is 10.2. The molecule has 1 heterocycles. The quantitative estimate of drug-likeness (QED) is 0.465. The first-order chi connectivity index (χ1) is 7.92. The summed E-state index contributed by atoms with van der Waals surface area (Å²) < 4.78 is 40.3. The first-order valence-electron chi connectivity index (χ1n) is 4.58. The Hall–Kier alpha value is -1.95. The molecule has 1 aromatic heterocycles. The normalized spacial score (nSPS) is 10.8. The fourth-order valence-corrected chi connectivity index (χ4v) is 1.12. The van der Waals surface area contributed by atoms with Crippen molar-refractivity contribution in [2.45, 2.75) is 19.6 Å². The van der Waals surface area contributed by atoms with E-state index in [0.717, 1.165) is 0 Å². The third kappa shape index (κ3) is 4.60. The van der Waals surface area contributed by atoms with Crippen LogP contribution in [0.4, 0.5) is 13.2 Å². The summed E-state index contributed by atoms with van der Waals surface area (Å²) in [5, 5.41) is 3.32. The van der Waals surface area contributed by atoms with Gasteiger partial charge >= 0.3 is 6.18 Å². The molecule has 0 aliphatic rings. The Labute approximate surface area is 94.9 Å². The topological polar surface area (TPSA) is 70.9 Å². The second-order valence-electron chi connectivity index (χ2n) is 3.26. The van der Waals surface area contributed by atoms with Gasteiger partial charge in [-0.25, -0.2) is 4.98 Å². The van der Waals surface area contributed by atoms with Crippen LogP contribution < -0.4 is 4.74 Å². The number of azide groups is 1. The predicted molar refractivity (Wildman–Crippen MR) is 53.4 cm³/mol. The van der Waals surface area contributed by atoms with Crippen LogP contribution in [0.5, 0.6) is 5.88 Å². The highest BCUT2D eigenvalue weighted by atomic mass is 19.4. The van der Waals surface area contributed by atoms with Gasteiger partial charge in [0.05, 0.1) is 6.54 Å². The number of alkyl halides is 3. The second kappa shape index (κ2) is 5.40. The van der Waals surface area contributed by atoms with Crippen molar-refractivity contribution in [3.05, 3.63) is 33.8 Å². The van der Waals surface area contributed by atoms with Crippen molar-refractivity contribution in [3.8, 4) is 5.88 Å². The van der Waals surface area contributed by atoms with Gasteiger partial charge in [-0.3, -0.25) is 0 Å². The van der Waals surface area contributed by atoms with Crippen LogP contribution in [0, 0.1) is 6.92 Å². The van der Waals surface area contributed by atoms with Crippen molar-refractivity contribution in [2.24, 2.45) is 5.11 Å². The molecule has 0 bridgehead atoms. The molecule has 0 saturated carbocycles. The monoisotopic (exact) mass is 246 g/mol. The van der Waals surface area contributed by atoms with Gasteiger partial charge in [-0.05, 0) is 24.1 Å². The molecule has 0 spiro atoms. The number of halogens is 3. The molecule has 0 N–H and O–H groups in total. The van der Waals surface area contributed by atoms with Gasteiger partial charge in [-0.15, -0.1) is 0 Å². The summed E-state index contributed by atoms with van der Waals surface area (Å²) in [6.07, 6.45) is -3.08. The zero-order chi connectivity index (χ0) is 12.9. The largest absolute Gasteiger partial charge is 0.468 e. The lowest BCUT2D eigenvalue weighted by Crippen LogP contribution is -2.20. The Kier molecular flexibility index (Phi) is 4.17. The summed E-state index contributed by atoms with van der Waals surface area (Å²) in [7, 11) is 0. The van der Waals surface area contributed by atoms with Crippen LogP contribution in [0.3, 0.4) is 0 Å². The molecular weight excluding hydrogens is 237 g/mol. The minimum atomic E-state index is -4.39. The highest BCUT2D eigenvalue weighted by Crippen LogP contribution is 2.20. The van der Waals surface area contributed by atoms with Gasteiger partial charge < -0.3 is 4.74 Å². The Morgan fingerprint density at radius 2 is 2.24 bits per heavy atom. The molecule has 92 valence electrons. The number of ether oxygens (including phenoxy) is 1. The van der Waals surface area contributed by atoms with Crippen LogP contribution in [0.25, 0.3) is 10.4 Å². The van der Waals surface area contributed by atoms with E-state index in [0.29, 0.717) is 11.1 Å². The Balaban J connectivity index is 2.72. The van der Waals surface area contributed by atoms with E-state index in [2.05, 4.69) is 19.7 Å². The fourth-order valence-electron chi connectivity index (χ4n) is 1.12. The van der Waals surface area contributed by atoms with Gasteiger partial charge in [0.25, 0.3) is 0 Å². The predicted octanol–water partition coefficient (Wildman–Crippen LogP) is 3.14. The molecular formula is C9H9F3N4O. The van der Waals surface area contributed by atoms with E-state index in [-0.39, 0.29) is 12.4 Å². The van der Waals surface area contributed by atoms with Gasteiger partial charge in [-0.1, -0.05) is 5.11 Å². The number of nitrogens with zero attached hydrogens (tertiary/aromatic N) is 4. The fraction of sp³-hybridized carbons (Fsp3) is 0.444. The summed E-state index contributed by atoms with van der Waals surface area (Å²) in [6.45, 7) is 0.290. The number of hydrogen-bond donors (Lipinski definition) is 0. The first kappa shape index (κ1) is 13.1. The molecule has 1 rings (SSSR count). The van der Waals surface area contributed by atoms with Crippen molar-refractivity contribution in [1.82, 2.24) is 4.98 Å². The van der Waals surface area contributed by atoms with E-state index < -0.39 is 12.8 Å². The van der Waals surface area contributed by atoms with Crippen LogP contribution in [-0.4, -0.2) is 17.8 Å². The molecule has 0 atom stereocenters.